The average molecular weight is 453 g/mol. The van der Waals surface area contributed by atoms with Crippen molar-refractivity contribution >= 4 is 5.91 Å². The molecule has 0 aromatic rings. The Bertz CT molecular complexity index is 651. The number of amides is 1. The van der Waals surface area contributed by atoms with Gasteiger partial charge < -0.3 is 24.3 Å². The molecule has 0 aliphatic heterocycles. The number of azide groups is 1. The molecule has 4 rings (SSSR count). The van der Waals surface area contributed by atoms with Gasteiger partial charge in [0.1, 0.15) is 0 Å². The van der Waals surface area contributed by atoms with Crippen LogP contribution in [-0.2, 0) is 23.7 Å². The van der Waals surface area contributed by atoms with E-state index in [1.54, 1.807) is 0 Å². The van der Waals surface area contributed by atoms with Crippen LogP contribution in [0.2, 0.25) is 0 Å². The molecule has 9 heteroatoms. The third-order valence-corrected chi connectivity index (χ3v) is 7.02. The van der Waals surface area contributed by atoms with E-state index in [0.717, 1.165) is 25.2 Å². The van der Waals surface area contributed by atoms with Crippen LogP contribution in [0.4, 0.5) is 0 Å². The smallest absolute Gasteiger partial charge is 0.222 e. The molecule has 182 valence electrons. The summed E-state index contributed by atoms with van der Waals surface area (Å²) >= 11 is 0. The number of hydrogen-bond donors (Lipinski definition) is 1. The highest BCUT2D eigenvalue weighted by atomic mass is 16.6. The molecule has 0 aromatic carbocycles. The van der Waals surface area contributed by atoms with Crippen molar-refractivity contribution < 1.29 is 23.7 Å². The predicted molar refractivity (Wildman–Crippen MR) is 120 cm³/mol. The Morgan fingerprint density at radius 3 is 1.94 bits per heavy atom. The molecule has 2 unspecified atom stereocenters. The molecule has 1 N–H and O–H groups in total. The molecule has 0 spiro atoms. The molecule has 4 saturated carbocycles. The van der Waals surface area contributed by atoms with Gasteiger partial charge in [0, 0.05) is 23.4 Å². The number of hydrogen-bond acceptors (Lipinski definition) is 6. The molecule has 0 heterocycles. The third-order valence-electron chi connectivity index (χ3n) is 7.02. The van der Waals surface area contributed by atoms with Gasteiger partial charge in [-0.05, 0) is 60.8 Å². The van der Waals surface area contributed by atoms with Crippen molar-refractivity contribution in [3.8, 4) is 0 Å². The summed E-state index contributed by atoms with van der Waals surface area (Å²) in [5.74, 6) is 0.894. The van der Waals surface area contributed by atoms with Crippen molar-refractivity contribution in [3.05, 3.63) is 10.4 Å². The minimum Gasteiger partial charge on any atom is -0.379 e. The van der Waals surface area contributed by atoms with Crippen molar-refractivity contribution in [3.63, 3.8) is 0 Å². The molecular formula is C23H40N4O5. The van der Waals surface area contributed by atoms with Gasteiger partial charge in [0.2, 0.25) is 5.91 Å². The van der Waals surface area contributed by atoms with E-state index in [9.17, 15) is 4.79 Å². The van der Waals surface area contributed by atoms with Crippen LogP contribution in [0, 0.1) is 16.7 Å². The molecular weight excluding hydrogens is 412 g/mol. The van der Waals surface area contributed by atoms with E-state index >= 15 is 0 Å². The Morgan fingerprint density at radius 2 is 1.41 bits per heavy atom. The monoisotopic (exact) mass is 452 g/mol. The summed E-state index contributed by atoms with van der Waals surface area (Å²) in [6.07, 6.45) is 7.81. The van der Waals surface area contributed by atoms with Crippen LogP contribution in [0.15, 0.2) is 5.11 Å². The first-order valence-corrected chi connectivity index (χ1v) is 12.0. The van der Waals surface area contributed by atoms with E-state index in [4.69, 9.17) is 24.5 Å². The van der Waals surface area contributed by atoms with Crippen LogP contribution in [0.25, 0.3) is 10.4 Å². The maximum absolute atomic E-state index is 12.6. The number of nitrogens with one attached hydrogen (secondary N) is 1. The van der Waals surface area contributed by atoms with Gasteiger partial charge in [-0.1, -0.05) is 19.0 Å². The first-order chi connectivity index (χ1) is 15.4. The fourth-order valence-corrected chi connectivity index (χ4v) is 7.02. The summed E-state index contributed by atoms with van der Waals surface area (Å²) in [4.78, 5) is 15.2. The predicted octanol–water partition coefficient (Wildman–Crippen LogP) is 3.62. The molecule has 4 bridgehead atoms. The third kappa shape index (κ3) is 7.59. The zero-order chi connectivity index (χ0) is 22.9. The fraction of sp³-hybridized carbons (Fsp3) is 0.957. The summed E-state index contributed by atoms with van der Waals surface area (Å²) < 4.78 is 21.7. The number of rotatable bonds is 16. The van der Waals surface area contributed by atoms with Gasteiger partial charge in [0.05, 0.1) is 52.9 Å². The van der Waals surface area contributed by atoms with Gasteiger partial charge in [0.15, 0.2) is 0 Å². The zero-order valence-corrected chi connectivity index (χ0v) is 19.8. The van der Waals surface area contributed by atoms with Gasteiger partial charge in [-0.25, -0.2) is 0 Å². The number of nitrogens with zero attached hydrogens (tertiary/aromatic N) is 3. The maximum atomic E-state index is 12.6. The molecule has 0 aromatic heterocycles. The quantitative estimate of drug-likeness (QED) is 0.166. The van der Waals surface area contributed by atoms with Crippen molar-refractivity contribution in [2.24, 2.45) is 21.9 Å². The molecule has 0 saturated heterocycles. The van der Waals surface area contributed by atoms with Gasteiger partial charge in [-0.2, -0.15) is 0 Å². The Hall–Kier alpha value is -1.38. The molecule has 32 heavy (non-hydrogen) atoms. The normalized spacial score (nSPS) is 32.6. The summed E-state index contributed by atoms with van der Waals surface area (Å²) in [6.45, 7) is 8.88. The highest BCUT2D eigenvalue weighted by Gasteiger charge is 2.60. The number of carbonyl (C=O) groups excluding carboxylic acids is 1. The van der Waals surface area contributed by atoms with E-state index in [-0.39, 0.29) is 11.4 Å². The minimum atomic E-state index is 0.0126. The molecule has 2 atom stereocenters. The lowest BCUT2D eigenvalue weighted by Gasteiger charge is -2.65. The van der Waals surface area contributed by atoms with Crippen molar-refractivity contribution in [1.29, 1.82) is 0 Å². The highest BCUT2D eigenvalue weighted by Crippen LogP contribution is 2.66. The lowest BCUT2D eigenvalue weighted by Crippen LogP contribution is -2.65. The molecule has 4 aliphatic carbocycles. The van der Waals surface area contributed by atoms with E-state index in [2.05, 4.69) is 29.2 Å². The van der Waals surface area contributed by atoms with Crippen molar-refractivity contribution in [2.75, 3.05) is 59.4 Å². The van der Waals surface area contributed by atoms with E-state index in [1.807, 2.05) is 0 Å². The lowest BCUT2D eigenvalue weighted by atomic mass is 9.43. The fourth-order valence-electron chi connectivity index (χ4n) is 7.02. The van der Waals surface area contributed by atoms with Crippen LogP contribution in [0.3, 0.4) is 0 Å². The van der Waals surface area contributed by atoms with Crippen LogP contribution < -0.4 is 5.32 Å². The van der Waals surface area contributed by atoms with Crippen LogP contribution in [-0.4, -0.2) is 70.8 Å². The second kappa shape index (κ2) is 11.7. The minimum absolute atomic E-state index is 0.0126. The largest absolute Gasteiger partial charge is 0.379 e. The number of carbonyl (C=O) groups is 1. The van der Waals surface area contributed by atoms with Gasteiger partial charge >= 0.3 is 0 Å². The molecule has 9 nitrogen and oxygen atoms in total. The van der Waals surface area contributed by atoms with Gasteiger partial charge in [-0.3, -0.25) is 4.79 Å². The molecule has 0 radical (unpaired) electrons. The first-order valence-electron chi connectivity index (χ1n) is 12.0. The SMILES string of the molecule is CC12CC3CC(C)(C1)CC(NC(=O)CCOCCOCCOCCOCCN=[N+]=[N-])(C3)C2. The summed E-state index contributed by atoms with van der Waals surface area (Å²) in [6, 6.07) is 0. The summed E-state index contributed by atoms with van der Waals surface area (Å²) in [5.41, 5.74) is 8.95. The van der Waals surface area contributed by atoms with Crippen molar-refractivity contribution in [2.45, 2.75) is 64.3 Å². The number of ether oxygens (including phenoxy) is 4. The van der Waals surface area contributed by atoms with E-state index in [0.29, 0.717) is 76.7 Å². The summed E-state index contributed by atoms with van der Waals surface area (Å²) in [5, 5.41) is 6.81. The lowest BCUT2D eigenvalue weighted by molar-refractivity contribution is -0.140. The van der Waals surface area contributed by atoms with Crippen molar-refractivity contribution in [1.82, 2.24) is 5.32 Å². The Balaban J connectivity index is 1.16. The zero-order valence-electron chi connectivity index (χ0n) is 19.8. The second-order valence-corrected chi connectivity index (χ2v) is 10.6. The molecule has 4 fully saturated rings. The van der Waals surface area contributed by atoms with Gasteiger partial charge in [-0.15, -0.1) is 0 Å². The second-order valence-electron chi connectivity index (χ2n) is 10.6. The van der Waals surface area contributed by atoms with Crippen LogP contribution >= 0.6 is 0 Å². The Morgan fingerprint density at radius 1 is 0.875 bits per heavy atom. The van der Waals surface area contributed by atoms with E-state index in [1.165, 1.54) is 19.3 Å². The van der Waals surface area contributed by atoms with Gasteiger partial charge in [0.25, 0.3) is 0 Å². The molecule has 4 aliphatic rings. The molecule has 1 amide bonds. The standard InChI is InChI=1S/C23H40N4O5/c1-21-13-19-14-22(2,16-21)18-23(15-19,17-21)26-20(28)3-5-29-7-9-31-11-12-32-10-8-30-6-4-25-27-24/h19H,3-18H2,1-2H3,(H,26,28). The average Bonchev–Trinajstić information content (AvgIpc) is 2.67. The van der Waals surface area contributed by atoms with E-state index < -0.39 is 0 Å². The summed E-state index contributed by atoms with van der Waals surface area (Å²) in [7, 11) is 0. The Kier molecular flexibility index (Phi) is 9.20. The highest BCUT2D eigenvalue weighted by molar-refractivity contribution is 5.77. The van der Waals surface area contributed by atoms with Crippen LogP contribution in [0.1, 0.15) is 58.8 Å². The first kappa shape index (κ1) is 25.2. The topological polar surface area (TPSA) is 115 Å². The maximum Gasteiger partial charge on any atom is 0.222 e. The Labute approximate surface area is 191 Å². The van der Waals surface area contributed by atoms with Crippen LogP contribution in [0.5, 0.6) is 0 Å².